The first kappa shape index (κ1) is 13.1. The molecule has 0 aromatic heterocycles. The van der Waals surface area contributed by atoms with Gasteiger partial charge in [0.15, 0.2) is 0 Å². The van der Waals surface area contributed by atoms with Gasteiger partial charge >= 0.3 is 0 Å². The van der Waals surface area contributed by atoms with Gasteiger partial charge in [-0.05, 0) is 18.8 Å². The van der Waals surface area contributed by atoms with Gasteiger partial charge in [0.25, 0.3) is 0 Å². The zero-order valence-electron chi connectivity index (χ0n) is 11.5. The fourth-order valence-electron chi connectivity index (χ4n) is 2.64. The zero-order chi connectivity index (χ0) is 13.0. The van der Waals surface area contributed by atoms with Crippen LogP contribution in [0.3, 0.4) is 0 Å². The summed E-state index contributed by atoms with van der Waals surface area (Å²) in [6, 6.07) is 6.53. The molecule has 0 saturated heterocycles. The maximum absolute atomic E-state index is 5.29. The van der Waals surface area contributed by atoms with Crippen molar-refractivity contribution in [2.24, 2.45) is 5.92 Å². The first-order chi connectivity index (χ1) is 8.72. The number of nitrogens with one attached hydrogen (secondary N) is 1. The third kappa shape index (κ3) is 3.09. The monoisotopic (exact) mass is 249 g/mol. The van der Waals surface area contributed by atoms with Crippen LogP contribution in [0.1, 0.15) is 32.6 Å². The van der Waals surface area contributed by atoms with Crippen molar-refractivity contribution in [3.05, 3.63) is 18.2 Å². The number of hydrogen-bond donors (Lipinski definition) is 1. The van der Waals surface area contributed by atoms with E-state index in [-0.39, 0.29) is 0 Å². The smallest absolute Gasteiger partial charge is 0.124 e. The van der Waals surface area contributed by atoms with Crippen LogP contribution >= 0.6 is 0 Å². The highest BCUT2D eigenvalue weighted by molar-refractivity contribution is 5.54. The molecule has 3 nitrogen and oxygen atoms in total. The molecule has 0 radical (unpaired) electrons. The second-order valence-corrected chi connectivity index (χ2v) is 5.11. The maximum atomic E-state index is 5.29. The molecule has 1 saturated carbocycles. The summed E-state index contributed by atoms with van der Waals surface area (Å²) in [6.07, 6.45) is 5.25. The van der Waals surface area contributed by atoms with Crippen LogP contribution < -0.4 is 14.8 Å². The van der Waals surface area contributed by atoms with E-state index in [1.54, 1.807) is 14.2 Å². The van der Waals surface area contributed by atoms with Gasteiger partial charge in [0.05, 0.1) is 14.2 Å². The van der Waals surface area contributed by atoms with Crippen molar-refractivity contribution in [1.29, 1.82) is 0 Å². The van der Waals surface area contributed by atoms with Crippen LogP contribution in [-0.2, 0) is 0 Å². The lowest BCUT2D eigenvalue weighted by Crippen LogP contribution is -2.30. The minimum atomic E-state index is 0.565. The van der Waals surface area contributed by atoms with Crippen molar-refractivity contribution < 1.29 is 9.47 Å². The molecule has 0 aliphatic heterocycles. The lowest BCUT2D eigenvalue weighted by atomic mass is 9.86. The SMILES string of the molecule is COc1cc(NC2CCCCC2C)cc(OC)c1. The van der Waals surface area contributed by atoms with E-state index >= 15 is 0 Å². The van der Waals surface area contributed by atoms with Gasteiger partial charge in [-0.3, -0.25) is 0 Å². The molecule has 1 aliphatic carbocycles. The molecule has 18 heavy (non-hydrogen) atoms. The van der Waals surface area contributed by atoms with Crippen LogP contribution in [0.5, 0.6) is 11.5 Å². The predicted octanol–water partition coefficient (Wildman–Crippen LogP) is 3.69. The van der Waals surface area contributed by atoms with E-state index in [9.17, 15) is 0 Å². The molecule has 1 aromatic carbocycles. The average molecular weight is 249 g/mol. The summed E-state index contributed by atoms with van der Waals surface area (Å²) in [5.41, 5.74) is 1.09. The number of anilines is 1. The van der Waals surface area contributed by atoms with Crippen LogP contribution in [0.15, 0.2) is 18.2 Å². The quantitative estimate of drug-likeness (QED) is 0.882. The molecule has 1 aromatic rings. The second kappa shape index (κ2) is 5.98. The van der Waals surface area contributed by atoms with E-state index in [1.165, 1.54) is 25.7 Å². The van der Waals surface area contributed by atoms with E-state index < -0.39 is 0 Å². The van der Waals surface area contributed by atoms with E-state index in [4.69, 9.17) is 9.47 Å². The molecule has 2 atom stereocenters. The van der Waals surface area contributed by atoms with Crippen molar-refractivity contribution >= 4 is 5.69 Å². The van der Waals surface area contributed by atoms with E-state index in [1.807, 2.05) is 18.2 Å². The minimum Gasteiger partial charge on any atom is -0.497 e. The van der Waals surface area contributed by atoms with Gasteiger partial charge in [-0.2, -0.15) is 0 Å². The van der Waals surface area contributed by atoms with Crippen molar-refractivity contribution in [1.82, 2.24) is 0 Å². The van der Waals surface area contributed by atoms with Gasteiger partial charge in [-0.1, -0.05) is 19.8 Å². The highest BCUT2D eigenvalue weighted by Crippen LogP contribution is 2.30. The van der Waals surface area contributed by atoms with Crippen LogP contribution in [0.4, 0.5) is 5.69 Å². The molecule has 3 heteroatoms. The largest absolute Gasteiger partial charge is 0.497 e. The summed E-state index contributed by atoms with van der Waals surface area (Å²) in [7, 11) is 3.36. The number of rotatable bonds is 4. The average Bonchev–Trinajstić information content (AvgIpc) is 2.41. The van der Waals surface area contributed by atoms with Gasteiger partial charge in [-0.15, -0.1) is 0 Å². The first-order valence-corrected chi connectivity index (χ1v) is 6.72. The molecular weight excluding hydrogens is 226 g/mol. The molecule has 2 unspecified atom stereocenters. The van der Waals surface area contributed by atoms with Gasteiger partial charge < -0.3 is 14.8 Å². The molecule has 1 aliphatic rings. The summed E-state index contributed by atoms with van der Waals surface area (Å²) < 4.78 is 10.6. The van der Waals surface area contributed by atoms with Crippen molar-refractivity contribution in [3.8, 4) is 11.5 Å². The molecule has 1 N–H and O–H groups in total. The molecule has 100 valence electrons. The first-order valence-electron chi connectivity index (χ1n) is 6.72. The molecule has 0 amide bonds. The second-order valence-electron chi connectivity index (χ2n) is 5.11. The van der Waals surface area contributed by atoms with Crippen molar-refractivity contribution in [2.75, 3.05) is 19.5 Å². The van der Waals surface area contributed by atoms with Gasteiger partial charge in [-0.25, -0.2) is 0 Å². The van der Waals surface area contributed by atoms with Crippen LogP contribution in [0.25, 0.3) is 0 Å². The highest BCUT2D eigenvalue weighted by Gasteiger charge is 2.21. The number of hydrogen-bond acceptors (Lipinski definition) is 3. The Morgan fingerprint density at radius 3 is 2.17 bits per heavy atom. The Kier molecular flexibility index (Phi) is 4.34. The molecule has 1 fully saturated rings. The van der Waals surface area contributed by atoms with Gasteiger partial charge in [0.2, 0.25) is 0 Å². The van der Waals surface area contributed by atoms with Crippen LogP contribution in [-0.4, -0.2) is 20.3 Å². The van der Waals surface area contributed by atoms with Crippen LogP contribution in [0, 0.1) is 5.92 Å². The van der Waals surface area contributed by atoms with Gasteiger partial charge in [0, 0.05) is 29.9 Å². The maximum Gasteiger partial charge on any atom is 0.124 e. The summed E-state index contributed by atoms with van der Waals surface area (Å²) in [6.45, 7) is 2.33. The summed E-state index contributed by atoms with van der Waals surface area (Å²) >= 11 is 0. The Bertz CT molecular complexity index is 370. The van der Waals surface area contributed by atoms with E-state index in [0.717, 1.165) is 23.1 Å². The summed E-state index contributed by atoms with van der Waals surface area (Å²) in [4.78, 5) is 0. The highest BCUT2D eigenvalue weighted by atomic mass is 16.5. The Morgan fingerprint density at radius 2 is 1.61 bits per heavy atom. The fraction of sp³-hybridized carbons (Fsp3) is 0.600. The Labute approximate surface area is 109 Å². The van der Waals surface area contributed by atoms with Gasteiger partial charge in [0.1, 0.15) is 11.5 Å². The Morgan fingerprint density at radius 1 is 1.00 bits per heavy atom. The predicted molar refractivity (Wildman–Crippen MR) is 74.6 cm³/mol. The van der Waals surface area contributed by atoms with Crippen molar-refractivity contribution in [2.45, 2.75) is 38.6 Å². The summed E-state index contributed by atoms with van der Waals surface area (Å²) in [5.74, 6) is 2.40. The number of benzene rings is 1. The lowest BCUT2D eigenvalue weighted by Gasteiger charge is -2.30. The minimum absolute atomic E-state index is 0.565. The number of ether oxygens (including phenoxy) is 2. The van der Waals surface area contributed by atoms with Crippen molar-refractivity contribution in [3.63, 3.8) is 0 Å². The van der Waals surface area contributed by atoms with E-state index in [0.29, 0.717) is 6.04 Å². The molecule has 2 rings (SSSR count). The molecule has 0 bridgehead atoms. The van der Waals surface area contributed by atoms with Crippen LogP contribution in [0.2, 0.25) is 0 Å². The topological polar surface area (TPSA) is 30.5 Å². The molecule has 0 spiro atoms. The molecular formula is C15H23NO2. The lowest BCUT2D eigenvalue weighted by molar-refractivity contribution is 0.349. The zero-order valence-corrected chi connectivity index (χ0v) is 11.5. The third-order valence-corrected chi connectivity index (χ3v) is 3.81. The standard InChI is InChI=1S/C15H23NO2/c1-11-6-4-5-7-15(11)16-12-8-13(17-2)10-14(9-12)18-3/h8-11,15-16H,4-7H2,1-3H3. The third-order valence-electron chi connectivity index (χ3n) is 3.81. The molecule has 0 heterocycles. The summed E-state index contributed by atoms with van der Waals surface area (Å²) in [5, 5.41) is 3.62. The number of methoxy groups -OCH3 is 2. The Balaban J connectivity index is 2.12. The Hall–Kier alpha value is -1.38. The fourth-order valence-corrected chi connectivity index (χ4v) is 2.64. The normalized spacial score (nSPS) is 23.5. The van der Waals surface area contributed by atoms with E-state index in [2.05, 4.69) is 12.2 Å².